The molecule has 0 aliphatic carbocycles. The Labute approximate surface area is 224 Å². The van der Waals surface area contributed by atoms with Gasteiger partial charge in [-0.15, -0.1) is 0 Å². The second-order valence-electron chi connectivity index (χ2n) is 9.45. The summed E-state index contributed by atoms with van der Waals surface area (Å²) in [5, 5.41) is 2.87. The molecule has 0 bridgehead atoms. The second-order valence-corrected chi connectivity index (χ2v) is 11.6. The molecule has 1 unspecified atom stereocenters. The summed E-state index contributed by atoms with van der Waals surface area (Å²) in [4.78, 5) is 28.3. The van der Waals surface area contributed by atoms with Crippen molar-refractivity contribution in [3.63, 3.8) is 0 Å². The normalized spacial score (nSPS) is 13.6. The van der Waals surface area contributed by atoms with Gasteiger partial charge in [-0.1, -0.05) is 32.9 Å². The van der Waals surface area contributed by atoms with E-state index in [2.05, 4.69) is 5.32 Å². The van der Waals surface area contributed by atoms with Gasteiger partial charge < -0.3 is 19.7 Å². The maximum absolute atomic E-state index is 13.8. The third kappa shape index (κ3) is 7.37. The van der Waals surface area contributed by atoms with Crippen molar-refractivity contribution in [1.29, 1.82) is 0 Å². The summed E-state index contributed by atoms with van der Waals surface area (Å²) < 4.78 is 52.0. The topological polar surface area (TPSA) is 105 Å². The molecule has 0 spiro atoms. The summed E-state index contributed by atoms with van der Waals surface area (Å²) in [5.74, 6) is -0.469. The van der Waals surface area contributed by atoms with E-state index >= 15 is 0 Å². The van der Waals surface area contributed by atoms with Crippen molar-refractivity contribution in [3.8, 4) is 11.5 Å². The zero-order chi connectivity index (χ0) is 27.9. The van der Waals surface area contributed by atoms with Crippen molar-refractivity contribution in [1.82, 2.24) is 10.2 Å². The Kier molecular flexibility index (Phi) is 9.96. The van der Waals surface area contributed by atoms with Crippen molar-refractivity contribution in [3.05, 3.63) is 53.8 Å². The summed E-state index contributed by atoms with van der Waals surface area (Å²) in [6.45, 7) is 7.83. The molecule has 208 valence electrons. The van der Waals surface area contributed by atoms with Crippen molar-refractivity contribution in [2.24, 2.45) is 5.92 Å². The van der Waals surface area contributed by atoms with Crippen LogP contribution in [0, 0.1) is 11.7 Å². The number of carbonyl (C=O) groups excluding carboxylic acids is 2. The van der Waals surface area contributed by atoms with Crippen LogP contribution in [0.3, 0.4) is 0 Å². The van der Waals surface area contributed by atoms with Crippen LogP contribution in [0.1, 0.15) is 39.7 Å². The van der Waals surface area contributed by atoms with Gasteiger partial charge in [0, 0.05) is 19.2 Å². The molecule has 2 aromatic carbocycles. The van der Waals surface area contributed by atoms with E-state index in [9.17, 15) is 22.4 Å². The van der Waals surface area contributed by atoms with E-state index in [-0.39, 0.29) is 29.8 Å². The number of rotatable bonds is 12. The molecule has 1 aliphatic rings. The third-order valence-electron chi connectivity index (χ3n) is 6.13. The molecule has 11 heteroatoms. The lowest BCUT2D eigenvalue weighted by Crippen LogP contribution is -2.52. The zero-order valence-corrected chi connectivity index (χ0v) is 23.1. The summed E-state index contributed by atoms with van der Waals surface area (Å²) in [6.07, 6.45) is 0.307. The van der Waals surface area contributed by atoms with Crippen LogP contribution in [0.25, 0.3) is 0 Å². The van der Waals surface area contributed by atoms with Crippen LogP contribution in [0.2, 0.25) is 0 Å². The Hall–Kier alpha value is -3.34. The average Bonchev–Trinajstić information content (AvgIpc) is 2.91. The Balaban J connectivity index is 1.96. The molecule has 0 radical (unpaired) electrons. The smallest absolute Gasteiger partial charge is 0.244 e. The number of nitrogens with zero attached hydrogens (tertiary/aromatic N) is 2. The van der Waals surface area contributed by atoms with Gasteiger partial charge in [0.05, 0.1) is 11.4 Å². The molecule has 3 rings (SSSR count). The molecule has 2 amide bonds. The van der Waals surface area contributed by atoms with E-state index in [0.717, 1.165) is 4.31 Å². The van der Waals surface area contributed by atoms with Crippen molar-refractivity contribution < 1.29 is 31.9 Å². The molecular weight excluding hydrogens is 513 g/mol. The number of halogens is 1. The van der Waals surface area contributed by atoms with Crippen molar-refractivity contribution in [2.75, 3.05) is 36.4 Å². The SMILES string of the molecule is CCC(C(=O)NCC(C)C)N(Cc1ccc(F)cc1)C(=O)CN(c1ccc2c(c1)OCCO2)S(=O)(=O)CC. The van der Waals surface area contributed by atoms with E-state index in [1.165, 1.54) is 42.2 Å². The van der Waals surface area contributed by atoms with Gasteiger partial charge in [0.25, 0.3) is 0 Å². The number of anilines is 1. The highest BCUT2D eigenvalue weighted by Gasteiger charge is 2.33. The van der Waals surface area contributed by atoms with Gasteiger partial charge in [0.1, 0.15) is 31.6 Å². The first-order valence-electron chi connectivity index (χ1n) is 12.8. The van der Waals surface area contributed by atoms with Crippen LogP contribution >= 0.6 is 0 Å². The number of nitrogens with one attached hydrogen (secondary N) is 1. The van der Waals surface area contributed by atoms with Crippen LogP contribution < -0.4 is 19.1 Å². The van der Waals surface area contributed by atoms with Gasteiger partial charge >= 0.3 is 0 Å². The minimum absolute atomic E-state index is 0.00781. The van der Waals surface area contributed by atoms with E-state index in [0.29, 0.717) is 43.2 Å². The fourth-order valence-corrected chi connectivity index (χ4v) is 5.09. The second kappa shape index (κ2) is 12.9. The minimum atomic E-state index is -3.88. The predicted molar refractivity (Wildman–Crippen MR) is 143 cm³/mol. The lowest BCUT2D eigenvalue weighted by molar-refractivity contribution is -0.140. The highest BCUT2D eigenvalue weighted by molar-refractivity contribution is 7.92. The average molecular weight is 550 g/mol. The quantitative estimate of drug-likeness (QED) is 0.436. The number of benzene rings is 2. The lowest BCUT2D eigenvalue weighted by Gasteiger charge is -2.33. The molecule has 1 N–H and O–H groups in total. The summed E-state index contributed by atoms with van der Waals surface area (Å²) in [6, 6.07) is 9.48. The molecule has 0 aromatic heterocycles. The summed E-state index contributed by atoms with van der Waals surface area (Å²) in [5.41, 5.74) is 0.863. The van der Waals surface area contributed by atoms with Gasteiger partial charge in [-0.05, 0) is 49.1 Å². The fourth-order valence-electron chi connectivity index (χ4n) is 4.04. The number of fused-ring (bicyclic) bond motifs is 1. The monoisotopic (exact) mass is 549 g/mol. The summed E-state index contributed by atoms with van der Waals surface area (Å²) in [7, 11) is -3.88. The number of sulfonamides is 1. The van der Waals surface area contributed by atoms with Crippen LogP contribution in [0.5, 0.6) is 11.5 Å². The van der Waals surface area contributed by atoms with E-state index in [1.54, 1.807) is 19.1 Å². The van der Waals surface area contributed by atoms with Crippen LogP contribution in [-0.2, 0) is 26.2 Å². The molecule has 1 atom stereocenters. The first kappa shape index (κ1) is 29.2. The van der Waals surface area contributed by atoms with E-state index in [1.807, 2.05) is 13.8 Å². The van der Waals surface area contributed by atoms with Gasteiger partial charge in [0.2, 0.25) is 21.8 Å². The Morgan fingerprint density at radius 3 is 2.29 bits per heavy atom. The molecule has 0 fully saturated rings. The molecule has 0 saturated heterocycles. The van der Waals surface area contributed by atoms with Crippen LogP contribution in [-0.4, -0.2) is 63.2 Å². The lowest BCUT2D eigenvalue weighted by atomic mass is 10.1. The molecule has 1 heterocycles. The number of hydrogen-bond acceptors (Lipinski definition) is 6. The molecule has 38 heavy (non-hydrogen) atoms. The highest BCUT2D eigenvalue weighted by Crippen LogP contribution is 2.35. The molecule has 9 nitrogen and oxygen atoms in total. The van der Waals surface area contributed by atoms with Gasteiger partial charge in [-0.25, -0.2) is 12.8 Å². The first-order chi connectivity index (χ1) is 18.1. The predicted octanol–water partition coefficient (Wildman–Crippen LogP) is 3.33. The Morgan fingerprint density at radius 2 is 1.68 bits per heavy atom. The number of amides is 2. The van der Waals surface area contributed by atoms with E-state index in [4.69, 9.17) is 9.47 Å². The molecular formula is C27H36FN3O6S. The van der Waals surface area contributed by atoms with E-state index < -0.39 is 34.3 Å². The number of ether oxygens (including phenoxy) is 2. The summed E-state index contributed by atoms with van der Waals surface area (Å²) >= 11 is 0. The third-order valence-corrected chi connectivity index (χ3v) is 7.87. The standard InChI is InChI=1S/C27H36FN3O6S/c1-5-23(27(33)29-16-19(3)4)30(17-20-7-9-21(28)10-8-20)26(32)18-31(38(34,35)6-2)22-11-12-24-25(15-22)37-14-13-36-24/h7-12,15,19,23H,5-6,13-14,16-18H2,1-4H3,(H,29,33). The fraction of sp³-hybridized carbons (Fsp3) is 0.481. The first-order valence-corrected chi connectivity index (χ1v) is 14.4. The van der Waals surface area contributed by atoms with Gasteiger partial charge in [-0.2, -0.15) is 0 Å². The molecule has 1 aliphatic heterocycles. The maximum atomic E-state index is 13.8. The number of hydrogen-bond donors (Lipinski definition) is 1. The minimum Gasteiger partial charge on any atom is -0.486 e. The van der Waals surface area contributed by atoms with Crippen LogP contribution in [0.15, 0.2) is 42.5 Å². The van der Waals surface area contributed by atoms with Gasteiger partial charge in [-0.3, -0.25) is 13.9 Å². The zero-order valence-electron chi connectivity index (χ0n) is 22.3. The Bertz CT molecular complexity index is 1220. The largest absolute Gasteiger partial charge is 0.486 e. The molecule has 0 saturated carbocycles. The van der Waals surface area contributed by atoms with Gasteiger partial charge in [0.15, 0.2) is 11.5 Å². The van der Waals surface area contributed by atoms with Crippen molar-refractivity contribution >= 4 is 27.5 Å². The van der Waals surface area contributed by atoms with Crippen molar-refractivity contribution in [2.45, 2.75) is 46.7 Å². The van der Waals surface area contributed by atoms with Crippen LogP contribution in [0.4, 0.5) is 10.1 Å². The molecule has 2 aromatic rings. The highest BCUT2D eigenvalue weighted by atomic mass is 32.2. The maximum Gasteiger partial charge on any atom is 0.244 e. The Morgan fingerprint density at radius 1 is 1.03 bits per heavy atom. The number of carbonyl (C=O) groups is 2.